The van der Waals surface area contributed by atoms with Gasteiger partial charge in [0.15, 0.2) is 0 Å². The Balaban J connectivity index is 2.28. The molecule has 43 heavy (non-hydrogen) atoms. The predicted molar refractivity (Wildman–Crippen MR) is 158 cm³/mol. The van der Waals surface area contributed by atoms with Crippen molar-refractivity contribution in [2.75, 3.05) is 7.11 Å². The van der Waals surface area contributed by atoms with Crippen LogP contribution in [0.5, 0.6) is 0 Å². The summed E-state index contributed by atoms with van der Waals surface area (Å²) in [6, 6.07) is 2.30. The number of halogens is 4. The van der Waals surface area contributed by atoms with E-state index in [9.17, 15) is 32.3 Å². The molecule has 3 N–H and O–H groups in total. The summed E-state index contributed by atoms with van der Waals surface area (Å²) < 4.78 is 44.8. The normalized spacial score (nSPS) is 16.9. The zero-order valence-electron chi connectivity index (χ0n) is 24.9. The van der Waals surface area contributed by atoms with E-state index in [1.54, 1.807) is 37.3 Å². The molecule has 0 aromatic heterocycles. The van der Waals surface area contributed by atoms with E-state index in [0.717, 1.165) is 24.8 Å². The first kappa shape index (κ1) is 35.6. The van der Waals surface area contributed by atoms with Crippen molar-refractivity contribution in [1.82, 2.24) is 16.0 Å². The molecule has 4 atom stereocenters. The van der Waals surface area contributed by atoms with Gasteiger partial charge in [-0.2, -0.15) is 13.2 Å². The Kier molecular flexibility index (Phi) is 13.0. The van der Waals surface area contributed by atoms with Gasteiger partial charge in [0, 0.05) is 5.02 Å². The highest BCUT2D eigenvalue weighted by molar-refractivity contribution is 6.30. The highest BCUT2D eigenvalue weighted by Gasteiger charge is 2.45. The van der Waals surface area contributed by atoms with Gasteiger partial charge in [0.25, 0.3) is 5.78 Å². The Labute approximate surface area is 255 Å². The number of allylic oxidation sites excluding steroid dienone is 2. The van der Waals surface area contributed by atoms with Crippen LogP contribution < -0.4 is 16.0 Å². The highest BCUT2D eigenvalue weighted by atomic mass is 35.5. The monoisotopic (exact) mass is 625 g/mol. The summed E-state index contributed by atoms with van der Waals surface area (Å²) >= 11 is 6.01. The van der Waals surface area contributed by atoms with Crippen LogP contribution in [0.4, 0.5) is 13.2 Å². The number of amides is 3. The minimum absolute atomic E-state index is 0.00347. The second-order valence-electron chi connectivity index (χ2n) is 10.8. The lowest BCUT2D eigenvalue weighted by Crippen LogP contribution is -2.58. The summed E-state index contributed by atoms with van der Waals surface area (Å²) in [5, 5.41) is 7.79. The highest BCUT2D eigenvalue weighted by Crippen LogP contribution is 2.39. The van der Waals surface area contributed by atoms with Gasteiger partial charge in [0.05, 0.1) is 19.1 Å². The maximum Gasteiger partial charge on any atom is 0.452 e. The fraction of sp³-hybridized carbons (Fsp3) is 0.484. The summed E-state index contributed by atoms with van der Waals surface area (Å²) in [7, 11) is 1.41. The summed E-state index contributed by atoms with van der Waals surface area (Å²) in [5.74, 6) is -5.32. The van der Waals surface area contributed by atoms with Crippen LogP contribution in [0.1, 0.15) is 58.4 Å². The summed E-state index contributed by atoms with van der Waals surface area (Å²) in [4.78, 5) is 51.9. The molecule has 1 aromatic rings. The fourth-order valence-corrected chi connectivity index (χ4v) is 4.68. The van der Waals surface area contributed by atoms with Crippen molar-refractivity contribution >= 4 is 35.1 Å². The average molecular weight is 626 g/mol. The number of methoxy groups -OCH3 is 1. The van der Waals surface area contributed by atoms with Crippen molar-refractivity contribution in [3.8, 4) is 0 Å². The summed E-state index contributed by atoms with van der Waals surface area (Å²) in [6.45, 7) is 9.62. The fourth-order valence-electron chi connectivity index (χ4n) is 4.56. The molecular formula is C31H39ClF3N3O5. The molecule has 1 aliphatic carbocycles. The molecule has 0 radical (unpaired) electrons. The molecule has 1 fully saturated rings. The second kappa shape index (κ2) is 15.7. The van der Waals surface area contributed by atoms with Crippen molar-refractivity contribution in [1.29, 1.82) is 0 Å². The smallest absolute Gasteiger partial charge is 0.452 e. The van der Waals surface area contributed by atoms with Crippen molar-refractivity contribution in [3.05, 3.63) is 71.0 Å². The van der Waals surface area contributed by atoms with Crippen LogP contribution >= 0.6 is 11.6 Å². The molecule has 236 valence electrons. The number of benzene rings is 1. The largest absolute Gasteiger partial charge is 0.497 e. The molecule has 0 spiro atoms. The quantitative estimate of drug-likeness (QED) is 0.196. The van der Waals surface area contributed by atoms with E-state index < -0.39 is 53.7 Å². The van der Waals surface area contributed by atoms with Gasteiger partial charge in [-0.05, 0) is 73.9 Å². The molecule has 2 rings (SSSR count). The zero-order chi connectivity index (χ0) is 32.5. The third-order valence-corrected chi connectivity index (χ3v) is 7.56. The Morgan fingerprint density at radius 2 is 1.58 bits per heavy atom. The van der Waals surface area contributed by atoms with E-state index in [0.29, 0.717) is 10.8 Å². The van der Waals surface area contributed by atoms with E-state index in [2.05, 4.69) is 22.5 Å². The first-order valence-corrected chi connectivity index (χ1v) is 14.3. The standard InChI is InChI=1S/C31H39ClF3N3O5/c1-7-23(43-6)16-11-18(4)26(30(42)37-25(17(2)3)27(39)31(33,34)35)38-28(40)19(5)36-29(41)24(20-9-8-10-20)21-12-14-22(32)15-13-21/h7,11-17,19-20,24-26H,4,8-10H2,1-3,5-6H3,(H,36,41)(H,37,42)(H,38,40)/b16-11-,23-7+/t19-,24-,25-,26-/m0/s1. The average Bonchev–Trinajstić information content (AvgIpc) is 2.91. The number of nitrogens with one attached hydrogen (secondary N) is 3. The van der Waals surface area contributed by atoms with Gasteiger partial charge in [-0.1, -0.05) is 56.7 Å². The number of ether oxygens (including phenoxy) is 1. The van der Waals surface area contributed by atoms with E-state index in [-0.39, 0.29) is 17.4 Å². The van der Waals surface area contributed by atoms with Gasteiger partial charge in [0.2, 0.25) is 17.7 Å². The van der Waals surface area contributed by atoms with Gasteiger partial charge in [-0.15, -0.1) is 0 Å². The molecule has 1 aliphatic rings. The van der Waals surface area contributed by atoms with Gasteiger partial charge in [-0.3, -0.25) is 19.2 Å². The minimum Gasteiger partial charge on any atom is -0.497 e. The van der Waals surface area contributed by atoms with Crippen molar-refractivity contribution in [2.45, 2.75) is 77.2 Å². The number of ketones is 1. The lowest BCUT2D eigenvalue weighted by atomic mass is 9.72. The summed E-state index contributed by atoms with van der Waals surface area (Å²) in [6.07, 6.45) is 1.92. The number of rotatable bonds is 14. The number of hydrogen-bond acceptors (Lipinski definition) is 5. The number of hydrogen-bond donors (Lipinski definition) is 3. The number of alkyl halides is 3. The molecule has 1 saturated carbocycles. The van der Waals surface area contributed by atoms with Gasteiger partial charge >= 0.3 is 6.18 Å². The van der Waals surface area contributed by atoms with E-state index in [1.807, 2.05) is 0 Å². The predicted octanol–water partition coefficient (Wildman–Crippen LogP) is 5.15. The number of carbonyl (C=O) groups excluding carboxylic acids is 4. The lowest BCUT2D eigenvalue weighted by molar-refractivity contribution is -0.175. The third-order valence-electron chi connectivity index (χ3n) is 7.31. The number of Topliss-reactive ketones (excluding diaryl/α,β-unsaturated/α-hetero) is 1. The van der Waals surface area contributed by atoms with Crippen molar-refractivity contribution < 1.29 is 37.1 Å². The van der Waals surface area contributed by atoms with Gasteiger partial charge < -0.3 is 20.7 Å². The maximum atomic E-state index is 13.4. The third kappa shape index (κ3) is 9.98. The summed E-state index contributed by atoms with van der Waals surface area (Å²) in [5.41, 5.74) is 0.748. The van der Waals surface area contributed by atoms with Crippen LogP contribution in [0, 0.1) is 11.8 Å². The van der Waals surface area contributed by atoms with Crippen LogP contribution in [0.25, 0.3) is 0 Å². The second-order valence-corrected chi connectivity index (χ2v) is 11.2. The molecule has 0 heterocycles. The lowest BCUT2D eigenvalue weighted by Gasteiger charge is -2.34. The molecule has 0 saturated heterocycles. The molecule has 0 unspecified atom stereocenters. The molecule has 3 amide bonds. The Hall–Kier alpha value is -3.60. The number of carbonyl (C=O) groups is 4. The maximum absolute atomic E-state index is 13.4. The first-order valence-electron chi connectivity index (χ1n) is 13.9. The van der Waals surface area contributed by atoms with Crippen molar-refractivity contribution in [3.63, 3.8) is 0 Å². The van der Waals surface area contributed by atoms with Gasteiger partial charge in [0.1, 0.15) is 17.8 Å². The Bertz CT molecular complexity index is 1240. The molecule has 0 bridgehead atoms. The molecular weight excluding hydrogens is 587 g/mol. The van der Waals surface area contributed by atoms with E-state index in [4.69, 9.17) is 16.3 Å². The van der Waals surface area contributed by atoms with Crippen LogP contribution in [-0.4, -0.2) is 54.9 Å². The molecule has 0 aliphatic heterocycles. The van der Waals surface area contributed by atoms with E-state index >= 15 is 0 Å². The first-order chi connectivity index (χ1) is 20.1. The molecule has 12 heteroatoms. The van der Waals surface area contributed by atoms with Gasteiger partial charge in [-0.25, -0.2) is 0 Å². The Morgan fingerprint density at radius 3 is 2.05 bits per heavy atom. The SMILES string of the molecule is C=C(/C=C\C(=C/C)OC)[C@H](NC(=O)[C@H](C)NC(=O)[C@H](c1ccc(Cl)cc1)C1CCC1)C(=O)N[C@H](C(=O)C(F)(F)F)C(C)C. The van der Waals surface area contributed by atoms with Crippen molar-refractivity contribution in [2.24, 2.45) is 11.8 Å². The minimum atomic E-state index is -5.18. The topological polar surface area (TPSA) is 114 Å². The zero-order valence-corrected chi connectivity index (χ0v) is 25.6. The van der Waals surface area contributed by atoms with Crippen LogP contribution in [0.3, 0.4) is 0 Å². The van der Waals surface area contributed by atoms with Crippen LogP contribution in [-0.2, 0) is 23.9 Å². The Morgan fingerprint density at radius 1 is 0.977 bits per heavy atom. The van der Waals surface area contributed by atoms with Crippen LogP contribution in [0.15, 0.2) is 60.4 Å². The molecule has 1 aromatic carbocycles. The van der Waals surface area contributed by atoms with Crippen LogP contribution in [0.2, 0.25) is 5.02 Å². The molecule has 8 nitrogen and oxygen atoms in total. The van der Waals surface area contributed by atoms with E-state index in [1.165, 1.54) is 40.0 Å².